The molecule has 2 N–H and O–H groups in total. The number of aliphatic imine (C=N–C) groups is 1. The molecule has 0 radical (unpaired) electrons. The first kappa shape index (κ1) is 18.2. The molecule has 0 aliphatic rings. The van der Waals surface area contributed by atoms with E-state index >= 15 is 0 Å². The summed E-state index contributed by atoms with van der Waals surface area (Å²) < 4.78 is 5.63. The molecule has 128 valence electrons. The lowest BCUT2D eigenvalue weighted by Gasteiger charge is -2.12. The third-order valence-electron chi connectivity index (χ3n) is 3.37. The molecule has 1 heterocycles. The van der Waals surface area contributed by atoms with Crippen molar-refractivity contribution in [2.24, 2.45) is 4.99 Å². The molecule has 0 bridgehead atoms. The molecule has 2 rings (SSSR count). The van der Waals surface area contributed by atoms with Crippen LogP contribution in [-0.2, 0) is 17.8 Å². The fourth-order valence-electron chi connectivity index (χ4n) is 2.11. The molecule has 0 spiro atoms. The highest BCUT2D eigenvalue weighted by Crippen LogP contribution is 2.05. The van der Waals surface area contributed by atoms with Crippen molar-refractivity contribution in [3.8, 4) is 0 Å². The van der Waals surface area contributed by atoms with Crippen LogP contribution in [0.25, 0.3) is 0 Å². The molecule has 24 heavy (non-hydrogen) atoms. The molecule has 6 heteroatoms. The van der Waals surface area contributed by atoms with Crippen molar-refractivity contribution < 1.29 is 4.74 Å². The molecular formula is C18H23ClN4O. The van der Waals surface area contributed by atoms with Crippen LogP contribution in [0.3, 0.4) is 0 Å². The van der Waals surface area contributed by atoms with E-state index in [1.807, 2.05) is 24.3 Å². The molecule has 0 atom stereocenters. The Balaban J connectivity index is 1.57. The Labute approximate surface area is 148 Å². The molecule has 1 aromatic carbocycles. The zero-order chi connectivity index (χ0) is 17.0. The number of hydrogen-bond acceptors (Lipinski definition) is 3. The molecule has 0 fully saturated rings. The van der Waals surface area contributed by atoms with E-state index in [2.05, 4.69) is 32.7 Å². The lowest BCUT2D eigenvalue weighted by Crippen LogP contribution is -2.39. The number of ether oxygens (including phenoxy) is 1. The number of pyridine rings is 1. The van der Waals surface area contributed by atoms with Crippen molar-refractivity contribution in [3.05, 3.63) is 64.9 Å². The number of aromatic nitrogens is 1. The molecule has 1 aromatic heterocycles. The van der Waals surface area contributed by atoms with E-state index in [0.29, 0.717) is 24.9 Å². The molecule has 0 saturated heterocycles. The Bertz CT molecular complexity index is 617. The second-order valence-electron chi connectivity index (χ2n) is 5.20. The maximum atomic E-state index is 5.77. The van der Waals surface area contributed by atoms with E-state index in [1.54, 1.807) is 19.3 Å². The summed E-state index contributed by atoms with van der Waals surface area (Å²) in [5.74, 6) is 0.764. The number of hydrogen-bond donors (Lipinski definition) is 2. The van der Waals surface area contributed by atoms with Crippen LogP contribution in [0.5, 0.6) is 0 Å². The second-order valence-corrected chi connectivity index (χ2v) is 5.59. The fourth-order valence-corrected chi connectivity index (χ4v) is 2.22. The van der Waals surface area contributed by atoms with Crippen LogP contribution in [0, 0.1) is 0 Å². The van der Waals surface area contributed by atoms with Gasteiger partial charge in [0.15, 0.2) is 5.96 Å². The third-order valence-corrected chi connectivity index (χ3v) is 3.59. The largest absolute Gasteiger partial charge is 0.375 e. The molecule has 0 aliphatic heterocycles. The minimum atomic E-state index is 0.514. The van der Waals surface area contributed by atoms with E-state index < -0.39 is 0 Å². The van der Waals surface area contributed by atoms with Crippen molar-refractivity contribution in [1.29, 1.82) is 0 Å². The molecular weight excluding hydrogens is 324 g/mol. The van der Waals surface area contributed by atoms with Gasteiger partial charge in [0.2, 0.25) is 0 Å². The topological polar surface area (TPSA) is 58.5 Å². The van der Waals surface area contributed by atoms with E-state index in [9.17, 15) is 0 Å². The maximum absolute atomic E-state index is 5.77. The van der Waals surface area contributed by atoms with Crippen molar-refractivity contribution in [1.82, 2.24) is 15.6 Å². The summed E-state index contributed by atoms with van der Waals surface area (Å²) in [4.78, 5) is 8.26. The van der Waals surface area contributed by atoms with Gasteiger partial charge >= 0.3 is 0 Å². The number of nitrogens with zero attached hydrogens (tertiary/aromatic N) is 2. The summed E-state index contributed by atoms with van der Waals surface area (Å²) in [6, 6.07) is 13.9. The minimum absolute atomic E-state index is 0.514. The summed E-state index contributed by atoms with van der Waals surface area (Å²) in [6.45, 7) is 2.72. The number of guanidine groups is 1. The van der Waals surface area contributed by atoms with E-state index in [-0.39, 0.29) is 0 Å². The summed E-state index contributed by atoms with van der Waals surface area (Å²) in [5.41, 5.74) is 2.31. The van der Waals surface area contributed by atoms with Gasteiger partial charge in [-0.25, -0.2) is 4.98 Å². The SMILES string of the molecule is CN=C(NCCOCc1ccccc1)NCCc1ccc(Cl)nc1. The first-order chi connectivity index (χ1) is 11.8. The Morgan fingerprint density at radius 1 is 1.08 bits per heavy atom. The van der Waals surface area contributed by atoms with Crippen LogP contribution in [0.15, 0.2) is 53.7 Å². The lowest BCUT2D eigenvalue weighted by atomic mass is 10.2. The molecule has 0 saturated carbocycles. The van der Waals surface area contributed by atoms with Crippen molar-refractivity contribution in [2.75, 3.05) is 26.7 Å². The van der Waals surface area contributed by atoms with Gasteiger partial charge in [0.1, 0.15) is 5.15 Å². The zero-order valence-corrected chi connectivity index (χ0v) is 14.6. The van der Waals surface area contributed by atoms with Gasteiger partial charge in [-0.1, -0.05) is 48.0 Å². The average Bonchev–Trinajstić information content (AvgIpc) is 2.62. The highest BCUT2D eigenvalue weighted by atomic mass is 35.5. The third kappa shape index (κ3) is 6.98. The van der Waals surface area contributed by atoms with Gasteiger partial charge in [0, 0.05) is 26.3 Å². The fraction of sp³-hybridized carbons (Fsp3) is 0.333. The second kappa shape index (κ2) is 10.6. The Kier molecular flexibility index (Phi) is 8.07. The Morgan fingerprint density at radius 3 is 2.58 bits per heavy atom. The van der Waals surface area contributed by atoms with Crippen LogP contribution in [-0.4, -0.2) is 37.7 Å². The van der Waals surface area contributed by atoms with E-state index in [0.717, 1.165) is 24.5 Å². The zero-order valence-electron chi connectivity index (χ0n) is 13.8. The van der Waals surface area contributed by atoms with Gasteiger partial charge in [-0.2, -0.15) is 0 Å². The van der Waals surface area contributed by atoms with E-state index in [1.165, 1.54) is 5.56 Å². The normalized spacial score (nSPS) is 11.3. The van der Waals surface area contributed by atoms with Crippen LogP contribution in [0.2, 0.25) is 5.15 Å². The summed E-state index contributed by atoms with van der Waals surface area (Å²) in [6.07, 6.45) is 2.65. The summed E-state index contributed by atoms with van der Waals surface area (Å²) in [5, 5.41) is 7.01. The number of nitrogens with one attached hydrogen (secondary N) is 2. The number of rotatable bonds is 8. The van der Waals surface area contributed by atoms with Gasteiger partial charge in [-0.3, -0.25) is 4.99 Å². The number of benzene rings is 1. The van der Waals surface area contributed by atoms with Crippen LogP contribution in [0.1, 0.15) is 11.1 Å². The predicted molar refractivity (Wildman–Crippen MR) is 98.4 cm³/mol. The quantitative estimate of drug-likeness (QED) is 0.334. The van der Waals surface area contributed by atoms with Crippen LogP contribution < -0.4 is 10.6 Å². The molecule has 5 nitrogen and oxygen atoms in total. The first-order valence-electron chi connectivity index (χ1n) is 7.94. The first-order valence-corrected chi connectivity index (χ1v) is 8.32. The minimum Gasteiger partial charge on any atom is -0.375 e. The van der Waals surface area contributed by atoms with Gasteiger partial charge < -0.3 is 15.4 Å². The van der Waals surface area contributed by atoms with Gasteiger partial charge in [-0.05, 0) is 23.6 Å². The molecule has 2 aromatic rings. The summed E-state index contributed by atoms with van der Waals surface area (Å²) >= 11 is 5.77. The van der Waals surface area contributed by atoms with Gasteiger partial charge in [0.05, 0.1) is 13.2 Å². The van der Waals surface area contributed by atoms with E-state index in [4.69, 9.17) is 16.3 Å². The van der Waals surface area contributed by atoms with Crippen LogP contribution in [0.4, 0.5) is 0 Å². The lowest BCUT2D eigenvalue weighted by molar-refractivity contribution is 0.125. The van der Waals surface area contributed by atoms with Gasteiger partial charge in [-0.15, -0.1) is 0 Å². The molecule has 0 unspecified atom stereocenters. The van der Waals surface area contributed by atoms with Gasteiger partial charge in [0.25, 0.3) is 0 Å². The predicted octanol–water partition coefficient (Wildman–Crippen LogP) is 2.66. The highest BCUT2D eigenvalue weighted by Gasteiger charge is 1.99. The Morgan fingerprint density at radius 2 is 1.88 bits per heavy atom. The van der Waals surface area contributed by atoms with Crippen molar-refractivity contribution in [3.63, 3.8) is 0 Å². The van der Waals surface area contributed by atoms with Crippen molar-refractivity contribution >= 4 is 17.6 Å². The van der Waals surface area contributed by atoms with Crippen LogP contribution >= 0.6 is 11.6 Å². The smallest absolute Gasteiger partial charge is 0.191 e. The monoisotopic (exact) mass is 346 g/mol. The maximum Gasteiger partial charge on any atom is 0.191 e. The average molecular weight is 347 g/mol. The number of halogens is 1. The molecule has 0 amide bonds. The van der Waals surface area contributed by atoms with Crippen molar-refractivity contribution in [2.45, 2.75) is 13.0 Å². The summed E-state index contributed by atoms with van der Waals surface area (Å²) in [7, 11) is 1.75. The highest BCUT2D eigenvalue weighted by molar-refractivity contribution is 6.29. The Hall–Kier alpha value is -2.11. The molecule has 0 aliphatic carbocycles. The standard InChI is InChI=1S/C18H23ClN4O/c1-20-18(21-10-9-15-7-8-17(19)23-13-15)22-11-12-24-14-16-5-3-2-4-6-16/h2-8,13H,9-12,14H2,1H3,(H2,20,21,22).